The van der Waals surface area contributed by atoms with E-state index in [9.17, 15) is 24.6 Å². The predicted molar refractivity (Wildman–Crippen MR) is 80.6 cm³/mol. The number of carboxylic acid groups (broad SMARTS) is 1. The van der Waals surface area contributed by atoms with Gasteiger partial charge in [-0.25, -0.2) is 4.79 Å². The van der Waals surface area contributed by atoms with Gasteiger partial charge in [0.15, 0.2) is 0 Å². The third-order valence-corrected chi connectivity index (χ3v) is 6.22. The summed E-state index contributed by atoms with van der Waals surface area (Å²) in [6, 6.07) is -0.938. The Balaban J connectivity index is 1.74. The minimum Gasteiger partial charge on any atom is -0.480 e. The maximum absolute atomic E-state index is 12.4. The van der Waals surface area contributed by atoms with Crippen LogP contribution >= 0.6 is 11.8 Å². The normalized spacial score (nSPS) is 33.9. The van der Waals surface area contributed by atoms with Gasteiger partial charge in [0, 0.05) is 17.8 Å². The quantitative estimate of drug-likeness (QED) is 0.630. The summed E-state index contributed by atoms with van der Waals surface area (Å²) < 4.78 is 4.50. The first kappa shape index (κ1) is 16.5. The van der Waals surface area contributed by atoms with Crippen LogP contribution < -0.4 is 0 Å². The molecule has 8 nitrogen and oxygen atoms in total. The molecule has 3 aliphatic heterocycles. The zero-order valence-corrected chi connectivity index (χ0v) is 13.8. The summed E-state index contributed by atoms with van der Waals surface area (Å²) in [5, 5.41) is 19.3. The van der Waals surface area contributed by atoms with Gasteiger partial charge in [0.2, 0.25) is 5.91 Å². The SMILES string of the molecule is CC1(C)S[C@@H]2[C@H]([C@H](O)C(=O)N3CCOCC3)C(=O)N2[C@H]1C(=O)O. The van der Waals surface area contributed by atoms with E-state index in [1.807, 2.05) is 0 Å². The van der Waals surface area contributed by atoms with Crippen molar-refractivity contribution in [3.63, 3.8) is 0 Å². The van der Waals surface area contributed by atoms with Crippen molar-refractivity contribution in [1.82, 2.24) is 9.80 Å². The molecule has 0 aliphatic carbocycles. The molecule has 0 spiro atoms. The van der Waals surface area contributed by atoms with Gasteiger partial charge in [0.05, 0.1) is 18.6 Å². The number of aliphatic hydroxyl groups excluding tert-OH is 1. The van der Waals surface area contributed by atoms with Crippen LogP contribution in [0.25, 0.3) is 0 Å². The molecule has 0 bridgehead atoms. The smallest absolute Gasteiger partial charge is 0.327 e. The number of β-lactam (4-membered cyclic amide) rings is 1. The Morgan fingerprint density at radius 1 is 1.35 bits per heavy atom. The average molecular weight is 344 g/mol. The second-order valence-electron chi connectivity index (χ2n) is 6.51. The second kappa shape index (κ2) is 5.64. The summed E-state index contributed by atoms with van der Waals surface area (Å²) in [5.41, 5.74) is 0. The van der Waals surface area contributed by atoms with Crippen LogP contribution in [0.5, 0.6) is 0 Å². The van der Waals surface area contributed by atoms with Crippen molar-refractivity contribution in [2.45, 2.75) is 36.1 Å². The zero-order chi connectivity index (χ0) is 16.9. The summed E-state index contributed by atoms with van der Waals surface area (Å²) >= 11 is 1.33. The van der Waals surface area contributed by atoms with E-state index in [1.165, 1.54) is 21.6 Å². The maximum Gasteiger partial charge on any atom is 0.327 e. The molecule has 0 aromatic heterocycles. The number of carbonyl (C=O) groups excluding carboxylic acids is 2. The molecule has 128 valence electrons. The molecule has 2 N–H and O–H groups in total. The van der Waals surface area contributed by atoms with Gasteiger partial charge in [0.1, 0.15) is 18.1 Å². The van der Waals surface area contributed by atoms with E-state index in [0.29, 0.717) is 26.3 Å². The Hall–Kier alpha value is -1.32. The third-order valence-electron chi connectivity index (χ3n) is 4.63. The number of thioether (sulfide) groups is 1. The Morgan fingerprint density at radius 2 is 1.96 bits per heavy atom. The third kappa shape index (κ3) is 2.50. The van der Waals surface area contributed by atoms with Gasteiger partial charge in [-0.15, -0.1) is 11.8 Å². The number of nitrogens with zero attached hydrogens (tertiary/aromatic N) is 2. The van der Waals surface area contributed by atoms with Gasteiger partial charge in [0.25, 0.3) is 5.91 Å². The van der Waals surface area contributed by atoms with Crippen molar-refractivity contribution in [2.75, 3.05) is 26.3 Å². The predicted octanol–water partition coefficient (Wildman–Crippen LogP) is -1.03. The number of rotatable bonds is 3. The van der Waals surface area contributed by atoms with Crippen LogP contribution in [0.15, 0.2) is 0 Å². The van der Waals surface area contributed by atoms with E-state index in [1.54, 1.807) is 13.8 Å². The number of morpholine rings is 1. The van der Waals surface area contributed by atoms with Gasteiger partial charge >= 0.3 is 5.97 Å². The van der Waals surface area contributed by atoms with Crippen LogP contribution in [0, 0.1) is 5.92 Å². The molecule has 2 amide bonds. The van der Waals surface area contributed by atoms with E-state index < -0.39 is 46.0 Å². The van der Waals surface area contributed by atoms with Crippen LogP contribution in [0.1, 0.15) is 13.8 Å². The number of hydrogen-bond donors (Lipinski definition) is 2. The highest BCUT2D eigenvalue weighted by atomic mass is 32.2. The maximum atomic E-state index is 12.4. The highest BCUT2D eigenvalue weighted by Gasteiger charge is 2.66. The summed E-state index contributed by atoms with van der Waals surface area (Å²) in [5.74, 6) is -2.89. The minimum absolute atomic E-state index is 0.390. The summed E-state index contributed by atoms with van der Waals surface area (Å²) in [4.78, 5) is 39.0. The number of hydrogen-bond acceptors (Lipinski definition) is 6. The molecule has 3 fully saturated rings. The fraction of sp³-hybridized carbons (Fsp3) is 0.786. The summed E-state index contributed by atoms with van der Waals surface area (Å²) in [6.07, 6.45) is -1.43. The Kier molecular flexibility index (Phi) is 4.06. The van der Waals surface area contributed by atoms with Gasteiger partial charge in [-0.2, -0.15) is 0 Å². The monoisotopic (exact) mass is 344 g/mol. The van der Waals surface area contributed by atoms with Crippen LogP contribution in [-0.2, 0) is 19.1 Å². The van der Waals surface area contributed by atoms with Crippen molar-refractivity contribution in [3.8, 4) is 0 Å². The molecule has 0 unspecified atom stereocenters. The number of amides is 2. The molecule has 3 heterocycles. The highest BCUT2D eigenvalue weighted by molar-refractivity contribution is 8.01. The molecule has 0 saturated carbocycles. The first-order valence-electron chi connectivity index (χ1n) is 7.53. The van der Waals surface area contributed by atoms with Gasteiger partial charge < -0.3 is 24.7 Å². The van der Waals surface area contributed by atoms with Crippen molar-refractivity contribution in [3.05, 3.63) is 0 Å². The lowest BCUT2D eigenvalue weighted by Crippen LogP contribution is -2.67. The minimum atomic E-state index is -1.43. The Morgan fingerprint density at radius 3 is 2.52 bits per heavy atom. The molecule has 3 aliphatic rings. The lowest BCUT2D eigenvalue weighted by molar-refractivity contribution is -0.174. The molecule has 0 aromatic rings. The number of carbonyl (C=O) groups is 3. The number of ether oxygens (including phenoxy) is 1. The van der Waals surface area contributed by atoms with Crippen molar-refractivity contribution in [1.29, 1.82) is 0 Å². The van der Waals surface area contributed by atoms with E-state index in [4.69, 9.17) is 4.74 Å². The van der Waals surface area contributed by atoms with Crippen molar-refractivity contribution >= 4 is 29.5 Å². The van der Waals surface area contributed by atoms with Gasteiger partial charge in [-0.05, 0) is 13.8 Å². The molecular formula is C14H20N2O6S. The van der Waals surface area contributed by atoms with Crippen LogP contribution in [0.2, 0.25) is 0 Å². The van der Waals surface area contributed by atoms with E-state index >= 15 is 0 Å². The van der Waals surface area contributed by atoms with E-state index in [-0.39, 0.29) is 0 Å². The van der Waals surface area contributed by atoms with Crippen LogP contribution in [-0.4, -0.2) is 86.4 Å². The van der Waals surface area contributed by atoms with E-state index in [2.05, 4.69) is 0 Å². The number of aliphatic carboxylic acids is 1. The lowest BCUT2D eigenvalue weighted by Gasteiger charge is -2.45. The second-order valence-corrected chi connectivity index (χ2v) is 8.28. The molecular weight excluding hydrogens is 324 g/mol. The van der Waals surface area contributed by atoms with Gasteiger partial charge in [-0.3, -0.25) is 9.59 Å². The molecule has 4 atom stereocenters. The van der Waals surface area contributed by atoms with Crippen LogP contribution in [0.3, 0.4) is 0 Å². The van der Waals surface area contributed by atoms with Crippen molar-refractivity contribution in [2.24, 2.45) is 5.92 Å². The van der Waals surface area contributed by atoms with E-state index in [0.717, 1.165) is 0 Å². The molecule has 0 aromatic carbocycles. The number of aliphatic hydroxyl groups is 1. The Bertz CT molecular complexity index is 547. The molecule has 3 saturated heterocycles. The topological polar surface area (TPSA) is 107 Å². The molecule has 9 heteroatoms. The number of fused-ring (bicyclic) bond motifs is 1. The first-order chi connectivity index (χ1) is 10.8. The largest absolute Gasteiger partial charge is 0.480 e. The highest BCUT2D eigenvalue weighted by Crippen LogP contribution is 2.54. The van der Waals surface area contributed by atoms with Crippen molar-refractivity contribution < 1.29 is 29.3 Å². The summed E-state index contributed by atoms with van der Waals surface area (Å²) in [6.45, 7) is 5.12. The van der Waals surface area contributed by atoms with Gasteiger partial charge in [-0.1, -0.05) is 0 Å². The fourth-order valence-corrected chi connectivity index (χ4v) is 5.17. The molecule has 23 heavy (non-hydrogen) atoms. The lowest BCUT2D eigenvalue weighted by atomic mass is 9.87. The molecule has 3 rings (SSSR count). The number of carboxylic acids is 1. The molecule has 0 radical (unpaired) electrons. The Labute approximate surface area is 137 Å². The fourth-order valence-electron chi connectivity index (χ4n) is 3.46. The summed E-state index contributed by atoms with van der Waals surface area (Å²) in [7, 11) is 0. The van der Waals surface area contributed by atoms with Crippen LogP contribution in [0.4, 0.5) is 0 Å². The standard InChI is InChI=1S/C14H20N2O6S/c1-14(2)9(13(20)21)16-10(18)7(12(16)23-14)8(17)11(19)15-3-5-22-6-4-15/h7-9,12,17H,3-6H2,1-2H3,(H,20,21)/t7-,8+,9+,12-/m1/s1. The average Bonchev–Trinajstić information content (AvgIpc) is 2.75. The zero-order valence-electron chi connectivity index (χ0n) is 13.0. The first-order valence-corrected chi connectivity index (χ1v) is 8.41.